The van der Waals surface area contributed by atoms with Gasteiger partial charge in [0, 0.05) is 40.0 Å². The first-order chi connectivity index (χ1) is 29.1. The van der Waals surface area contributed by atoms with E-state index in [1.165, 1.54) is 19.4 Å². The SMILES string of the molecule is CCC(C)CC(C)/C=C(C)/C=C/CC(C)C(OC(C)=O)C(C)/C=C(C)/C=C/C(OC(C)=O)C(C)(C)c1cc([O-])c(C2OC(COS(N)(=O)=O)CC(OC(C)=O)C2OC(C)=O)c(=O)o1.[Na+]. The second kappa shape index (κ2) is 26.5. The summed E-state index contributed by atoms with van der Waals surface area (Å²) >= 11 is 0. The van der Waals surface area contributed by atoms with Gasteiger partial charge in [0.1, 0.15) is 30.2 Å². The zero-order valence-corrected chi connectivity index (χ0v) is 42.8. The summed E-state index contributed by atoms with van der Waals surface area (Å²) in [5.74, 6) is -2.98. The fraction of sp³-hybridized carbons (Fsp3) is 0.630. The van der Waals surface area contributed by atoms with Crippen LogP contribution in [0.3, 0.4) is 0 Å². The maximum Gasteiger partial charge on any atom is 1.00 e. The number of hydrogen-bond acceptors (Lipinski definition) is 15. The topological polar surface area (TPSA) is 237 Å². The van der Waals surface area contributed by atoms with E-state index in [1.807, 2.05) is 26.8 Å². The van der Waals surface area contributed by atoms with E-state index in [0.717, 1.165) is 38.3 Å². The minimum atomic E-state index is -4.46. The molecule has 0 saturated carbocycles. The van der Waals surface area contributed by atoms with Crippen LogP contribution >= 0.6 is 0 Å². The van der Waals surface area contributed by atoms with Crippen LogP contribution in [0.4, 0.5) is 0 Å². The van der Waals surface area contributed by atoms with Crippen LogP contribution < -0.4 is 45.4 Å². The summed E-state index contributed by atoms with van der Waals surface area (Å²) in [6.45, 7) is 21.8. The Balaban J connectivity index is 0.0000205. The summed E-state index contributed by atoms with van der Waals surface area (Å²) in [4.78, 5) is 62.6. The molecular weight excluding hydrogens is 862 g/mol. The van der Waals surface area contributed by atoms with Crippen molar-refractivity contribution < 1.29 is 94.5 Å². The van der Waals surface area contributed by atoms with E-state index in [1.54, 1.807) is 26.0 Å². The Labute approximate surface area is 400 Å². The van der Waals surface area contributed by atoms with E-state index in [9.17, 15) is 37.5 Å². The summed E-state index contributed by atoms with van der Waals surface area (Å²) in [6.07, 6.45) is 7.08. The molecule has 1 aromatic rings. The van der Waals surface area contributed by atoms with Gasteiger partial charge in [0.25, 0.3) is 0 Å². The molecule has 2 N–H and O–H groups in total. The van der Waals surface area contributed by atoms with Crippen LogP contribution in [0, 0.1) is 23.7 Å². The van der Waals surface area contributed by atoms with Gasteiger partial charge in [-0.05, 0) is 70.4 Å². The minimum Gasteiger partial charge on any atom is -0.872 e. The van der Waals surface area contributed by atoms with E-state index in [0.29, 0.717) is 18.3 Å². The Hall–Kier alpha value is -3.58. The fourth-order valence-electron chi connectivity index (χ4n) is 7.61. The molecule has 2 rings (SSSR count). The molecule has 64 heavy (non-hydrogen) atoms. The van der Waals surface area contributed by atoms with Crippen molar-refractivity contribution in [2.45, 2.75) is 158 Å². The summed E-state index contributed by atoms with van der Waals surface area (Å²) in [6, 6.07) is 1.01. The quantitative estimate of drug-likeness (QED) is 0.0758. The van der Waals surface area contributed by atoms with Crippen molar-refractivity contribution >= 4 is 34.2 Å². The monoisotopic (exact) mass is 929 g/mol. The normalized spacial score (nSPS) is 21.5. The molecule has 18 heteroatoms. The van der Waals surface area contributed by atoms with E-state index in [2.05, 4.69) is 50.1 Å². The Morgan fingerprint density at radius 3 is 2.05 bits per heavy atom. The number of carbonyl (C=O) groups excluding carboxylic acids is 4. The first-order valence-corrected chi connectivity index (χ1v) is 22.7. The summed E-state index contributed by atoms with van der Waals surface area (Å²) in [7, 11) is -4.46. The summed E-state index contributed by atoms with van der Waals surface area (Å²) in [5.41, 5.74) is -1.29. The van der Waals surface area contributed by atoms with Crippen LogP contribution in [0.5, 0.6) is 5.75 Å². The zero-order chi connectivity index (χ0) is 48.0. The standard InChI is InChI=1S/C46H69NO15S.Na/c1-14-26(2)20-29(5)21-27(3)16-15-17-30(6)42(59-34(10)50)31(7)22-28(4)18-19-39(58-33(9)49)46(12,13)40-24-37(52)41(45(53)62-40)44-43(60-35(11)51)38(57-32(8)48)23-36(61-44)25-56-63(47,54)55;/h15-16,18-19,21-22,24,26,29-31,36,38-39,42-44,52H,14,17,20,23,25H2,1-13H3,(H2,47,54,55);/q;+1/p-1/b16-15+,19-18+,27-21+,28-22+;. The third-order valence-corrected chi connectivity index (χ3v) is 11.2. The Morgan fingerprint density at radius 2 is 1.52 bits per heavy atom. The number of hydrogen-bond donors (Lipinski definition) is 1. The van der Waals surface area contributed by atoms with E-state index in [4.69, 9.17) is 33.2 Å². The Kier molecular flexibility index (Phi) is 24.2. The molecule has 354 valence electrons. The molecule has 1 aliphatic heterocycles. The number of ether oxygens (including phenoxy) is 5. The third kappa shape index (κ3) is 19.5. The average Bonchev–Trinajstić information content (AvgIpc) is 3.14. The molecule has 10 atom stereocenters. The number of rotatable bonds is 22. The van der Waals surface area contributed by atoms with Crippen LogP contribution in [-0.4, -0.2) is 69.4 Å². The first kappa shape index (κ1) is 58.4. The second-order valence-corrected chi connectivity index (χ2v) is 18.5. The van der Waals surface area contributed by atoms with Crippen molar-refractivity contribution in [3.8, 4) is 5.75 Å². The Bertz CT molecular complexity index is 2040. The van der Waals surface area contributed by atoms with Crippen LogP contribution in [0.1, 0.15) is 133 Å². The molecule has 0 radical (unpaired) electrons. The van der Waals surface area contributed by atoms with Gasteiger partial charge in [-0.3, -0.25) is 23.4 Å². The van der Waals surface area contributed by atoms with Crippen LogP contribution in [0.15, 0.2) is 62.9 Å². The number of carbonyl (C=O) groups is 4. The molecule has 0 spiro atoms. The summed E-state index contributed by atoms with van der Waals surface area (Å²) < 4.78 is 61.6. The van der Waals surface area contributed by atoms with Crippen molar-refractivity contribution in [1.82, 2.24) is 0 Å². The molecule has 1 aromatic heterocycles. The van der Waals surface area contributed by atoms with Gasteiger partial charge in [-0.2, -0.15) is 8.42 Å². The molecule has 1 aliphatic rings. The van der Waals surface area contributed by atoms with Crippen molar-refractivity contribution in [2.24, 2.45) is 28.8 Å². The number of nitrogens with two attached hydrogens (primary N) is 1. The maximum absolute atomic E-state index is 13.9. The largest absolute Gasteiger partial charge is 1.00 e. The van der Waals surface area contributed by atoms with Gasteiger partial charge < -0.3 is 33.2 Å². The molecule has 0 amide bonds. The van der Waals surface area contributed by atoms with Gasteiger partial charge in [0.2, 0.25) is 0 Å². The van der Waals surface area contributed by atoms with E-state index < -0.39 is 99.8 Å². The average molecular weight is 930 g/mol. The van der Waals surface area contributed by atoms with Gasteiger partial charge >= 0.3 is 69.4 Å². The molecule has 10 unspecified atom stereocenters. The van der Waals surface area contributed by atoms with E-state index >= 15 is 0 Å². The van der Waals surface area contributed by atoms with Crippen molar-refractivity contribution in [3.05, 3.63) is 75.4 Å². The number of allylic oxidation sites excluding steroid dienone is 6. The molecule has 1 saturated heterocycles. The predicted octanol–water partition coefficient (Wildman–Crippen LogP) is 3.51. The van der Waals surface area contributed by atoms with Crippen LogP contribution in [-0.2, 0) is 62.8 Å². The Morgan fingerprint density at radius 1 is 0.922 bits per heavy atom. The smallest absolute Gasteiger partial charge is 0.872 e. The van der Waals surface area contributed by atoms with Gasteiger partial charge in [-0.1, -0.05) is 88.3 Å². The van der Waals surface area contributed by atoms with E-state index in [-0.39, 0.29) is 53.6 Å². The second-order valence-electron chi connectivity index (χ2n) is 17.3. The molecule has 16 nitrogen and oxygen atoms in total. The van der Waals surface area contributed by atoms with Crippen molar-refractivity contribution in [2.75, 3.05) is 6.61 Å². The first-order valence-electron chi connectivity index (χ1n) is 21.2. The minimum absolute atomic E-state index is 0. The van der Waals surface area contributed by atoms with Gasteiger partial charge in [0.05, 0.1) is 23.7 Å². The van der Waals surface area contributed by atoms with Gasteiger partial charge in [0.15, 0.2) is 6.10 Å². The molecule has 1 fully saturated rings. The van der Waals surface area contributed by atoms with Gasteiger partial charge in [-0.25, -0.2) is 9.93 Å². The third-order valence-electron chi connectivity index (χ3n) is 10.8. The van der Waals surface area contributed by atoms with Gasteiger partial charge in [-0.15, -0.1) is 0 Å². The molecule has 2 heterocycles. The predicted molar refractivity (Wildman–Crippen MR) is 233 cm³/mol. The number of esters is 4. The fourth-order valence-corrected chi connectivity index (χ4v) is 7.95. The molecule has 0 bridgehead atoms. The van der Waals surface area contributed by atoms with Crippen molar-refractivity contribution in [3.63, 3.8) is 0 Å². The maximum atomic E-state index is 13.9. The van der Waals surface area contributed by atoms with Crippen LogP contribution in [0.2, 0.25) is 0 Å². The van der Waals surface area contributed by atoms with Crippen molar-refractivity contribution in [1.29, 1.82) is 0 Å². The summed E-state index contributed by atoms with van der Waals surface area (Å²) in [5, 5.41) is 18.9. The molecular formula is C46H68NNaO15S. The molecule has 0 aromatic carbocycles. The van der Waals surface area contributed by atoms with Crippen LogP contribution in [0.25, 0.3) is 0 Å². The molecule has 0 aliphatic carbocycles. The zero-order valence-electron chi connectivity index (χ0n) is 40.0.